The molecule has 1 aliphatic carbocycles. The maximum absolute atomic E-state index is 13.7. The summed E-state index contributed by atoms with van der Waals surface area (Å²) in [6, 6.07) is 1.60. The molecular weight excluding hydrogens is 271 g/mol. The van der Waals surface area contributed by atoms with Crippen molar-refractivity contribution in [3.8, 4) is 0 Å². The zero-order valence-electron chi connectivity index (χ0n) is 10.6. The summed E-state index contributed by atoms with van der Waals surface area (Å²) in [6.07, 6.45) is 0.455. The highest BCUT2D eigenvalue weighted by Crippen LogP contribution is 2.32. The first-order valence-electron chi connectivity index (χ1n) is 5.93. The number of halogens is 1. The number of aliphatic hydroxyl groups is 1. The topological polar surface area (TPSA) is 102 Å². The van der Waals surface area contributed by atoms with E-state index in [-0.39, 0.29) is 17.3 Å². The lowest BCUT2D eigenvalue weighted by Crippen LogP contribution is -2.39. The van der Waals surface area contributed by atoms with Crippen molar-refractivity contribution in [2.45, 2.75) is 25.0 Å². The van der Waals surface area contributed by atoms with Gasteiger partial charge in [0.05, 0.1) is 29.8 Å². The van der Waals surface area contributed by atoms with Gasteiger partial charge in [-0.1, -0.05) is 0 Å². The van der Waals surface area contributed by atoms with E-state index in [4.69, 9.17) is 0 Å². The number of nitro groups is 1. The van der Waals surface area contributed by atoms with Gasteiger partial charge in [0.15, 0.2) is 0 Å². The first-order valence-corrected chi connectivity index (χ1v) is 5.93. The predicted octanol–water partition coefficient (Wildman–Crippen LogP) is 1.46. The van der Waals surface area contributed by atoms with Gasteiger partial charge in [-0.25, -0.2) is 9.18 Å². The van der Waals surface area contributed by atoms with E-state index in [1.165, 1.54) is 0 Å². The maximum Gasteiger partial charge on any atom is 0.340 e. The highest BCUT2D eigenvalue weighted by atomic mass is 19.1. The number of methoxy groups -OCH3 is 1. The van der Waals surface area contributed by atoms with Gasteiger partial charge in [-0.05, 0) is 18.9 Å². The molecule has 1 fully saturated rings. The van der Waals surface area contributed by atoms with E-state index in [0.29, 0.717) is 18.9 Å². The molecule has 0 aliphatic heterocycles. The number of ether oxygens (including phenoxy) is 1. The molecular formula is C12H13FN2O5. The largest absolute Gasteiger partial charge is 0.465 e. The molecule has 0 atom stereocenters. The minimum Gasteiger partial charge on any atom is -0.465 e. The number of aliphatic hydroxyl groups excluding tert-OH is 1. The number of carbonyl (C=O) groups excluding carboxylic acids is 1. The van der Waals surface area contributed by atoms with Gasteiger partial charge in [0.2, 0.25) is 0 Å². The van der Waals surface area contributed by atoms with Crippen LogP contribution in [0.5, 0.6) is 0 Å². The third-order valence-corrected chi connectivity index (χ3v) is 3.16. The maximum atomic E-state index is 13.7. The monoisotopic (exact) mass is 284 g/mol. The van der Waals surface area contributed by atoms with Crippen LogP contribution in [-0.2, 0) is 4.74 Å². The highest BCUT2D eigenvalue weighted by Gasteiger charge is 2.30. The lowest BCUT2D eigenvalue weighted by atomic mass is 9.89. The lowest BCUT2D eigenvalue weighted by Gasteiger charge is -2.32. The van der Waals surface area contributed by atoms with Gasteiger partial charge in [0.25, 0.3) is 5.69 Å². The molecule has 0 heterocycles. The Bertz CT molecular complexity index is 557. The number of benzene rings is 1. The van der Waals surface area contributed by atoms with Gasteiger partial charge in [-0.3, -0.25) is 10.1 Å². The highest BCUT2D eigenvalue weighted by molar-refractivity contribution is 5.92. The Morgan fingerprint density at radius 3 is 2.70 bits per heavy atom. The van der Waals surface area contributed by atoms with Crippen LogP contribution in [0.4, 0.5) is 15.8 Å². The zero-order chi connectivity index (χ0) is 14.9. The molecule has 7 nitrogen and oxygen atoms in total. The zero-order valence-corrected chi connectivity index (χ0v) is 10.6. The molecule has 1 saturated carbocycles. The average Bonchev–Trinajstić information content (AvgIpc) is 2.37. The van der Waals surface area contributed by atoms with E-state index in [1.54, 1.807) is 0 Å². The summed E-state index contributed by atoms with van der Waals surface area (Å²) in [5.74, 6) is -1.92. The standard InChI is InChI=1S/C12H13FN2O5/c1-20-12(17)8-4-10(14-6-2-7(16)3-6)11(15(18)19)5-9(8)13/h4-7,14,16H,2-3H2,1H3. The Balaban J connectivity index is 2.35. The molecule has 0 bridgehead atoms. The van der Waals surface area contributed by atoms with Gasteiger partial charge in [-0.2, -0.15) is 0 Å². The molecule has 1 aromatic carbocycles. The third kappa shape index (κ3) is 2.69. The molecule has 0 unspecified atom stereocenters. The Kier molecular flexibility index (Phi) is 3.84. The van der Waals surface area contributed by atoms with Crippen molar-refractivity contribution in [2.24, 2.45) is 0 Å². The summed E-state index contributed by atoms with van der Waals surface area (Å²) in [5.41, 5.74) is -0.800. The summed E-state index contributed by atoms with van der Waals surface area (Å²) >= 11 is 0. The molecule has 1 aliphatic rings. The molecule has 2 N–H and O–H groups in total. The molecule has 2 rings (SSSR count). The van der Waals surface area contributed by atoms with Crippen molar-refractivity contribution in [3.05, 3.63) is 33.6 Å². The fourth-order valence-electron chi connectivity index (χ4n) is 2.02. The van der Waals surface area contributed by atoms with Crippen LogP contribution in [0.1, 0.15) is 23.2 Å². The van der Waals surface area contributed by atoms with E-state index < -0.39 is 28.5 Å². The number of anilines is 1. The minimum atomic E-state index is -1.01. The summed E-state index contributed by atoms with van der Waals surface area (Å²) in [7, 11) is 1.10. The molecule has 1 aromatic rings. The molecule has 0 amide bonds. The normalized spacial score (nSPS) is 20.9. The second kappa shape index (κ2) is 5.41. The number of nitrogens with one attached hydrogen (secondary N) is 1. The van der Waals surface area contributed by atoms with Gasteiger partial charge in [0.1, 0.15) is 11.5 Å². The van der Waals surface area contributed by atoms with Crippen LogP contribution >= 0.6 is 0 Å². The number of carbonyl (C=O) groups is 1. The van der Waals surface area contributed by atoms with Crippen LogP contribution in [0.25, 0.3) is 0 Å². The number of nitrogens with zero attached hydrogens (tertiary/aromatic N) is 1. The Labute approximate surface area is 113 Å². The fourth-order valence-corrected chi connectivity index (χ4v) is 2.02. The van der Waals surface area contributed by atoms with Crippen molar-refractivity contribution >= 4 is 17.3 Å². The molecule has 0 spiro atoms. The number of hydrogen-bond acceptors (Lipinski definition) is 6. The third-order valence-electron chi connectivity index (χ3n) is 3.16. The molecule has 20 heavy (non-hydrogen) atoms. The minimum absolute atomic E-state index is 0.0358. The first-order chi connectivity index (χ1) is 9.42. The van der Waals surface area contributed by atoms with Crippen LogP contribution < -0.4 is 5.32 Å². The molecule has 0 aromatic heterocycles. The number of esters is 1. The van der Waals surface area contributed by atoms with Crippen molar-refractivity contribution < 1.29 is 24.0 Å². The molecule has 108 valence electrons. The van der Waals surface area contributed by atoms with Gasteiger partial charge in [0, 0.05) is 6.04 Å². The van der Waals surface area contributed by atoms with Crippen LogP contribution in [0.15, 0.2) is 12.1 Å². The summed E-state index contributed by atoms with van der Waals surface area (Å²) in [5, 5.41) is 22.9. The molecule has 8 heteroatoms. The Hall–Kier alpha value is -2.22. The lowest BCUT2D eigenvalue weighted by molar-refractivity contribution is -0.384. The number of rotatable bonds is 4. The second-order valence-electron chi connectivity index (χ2n) is 4.56. The van der Waals surface area contributed by atoms with E-state index in [9.17, 15) is 24.4 Å². The Morgan fingerprint density at radius 2 is 2.20 bits per heavy atom. The predicted molar refractivity (Wildman–Crippen MR) is 67.0 cm³/mol. The number of hydrogen-bond donors (Lipinski definition) is 2. The fraction of sp³-hybridized carbons (Fsp3) is 0.417. The van der Waals surface area contributed by atoms with Crippen LogP contribution in [-0.4, -0.2) is 35.3 Å². The van der Waals surface area contributed by atoms with Crippen molar-refractivity contribution in [1.82, 2.24) is 0 Å². The van der Waals surface area contributed by atoms with Crippen molar-refractivity contribution in [1.29, 1.82) is 0 Å². The van der Waals surface area contributed by atoms with E-state index in [0.717, 1.165) is 13.2 Å². The quantitative estimate of drug-likeness (QED) is 0.493. The number of nitro benzene ring substituents is 1. The average molecular weight is 284 g/mol. The van der Waals surface area contributed by atoms with Crippen LogP contribution in [0.3, 0.4) is 0 Å². The van der Waals surface area contributed by atoms with Crippen molar-refractivity contribution in [3.63, 3.8) is 0 Å². The van der Waals surface area contributed by atoms with Gasteiger partial charge in [-0.15, -0.1) is 0 Å². The molecule has 0 saturated heterocycles. The van der Waals surface area contributed by atoms with Gasteiger partial charge >= 0.3 is 5.97 Å². The van der Waals surface area contributed by atoms with Crippen LogP contribution in [0, 0.1) is 15.9 Å². The van der Waals surface area contributed by atoms with Crippen molar-refractivity contribution in [2.75, 3.05) is 12.4 Å². The summed E-state index contributed by atoms with van der Waals surface area (Å²) in [6.45, 7) is 0. The van der Waals surface area contributed by atoms with E-state index >= 15 is 0 Å². The smallest absolute Gasteiger partial charge is 0.340 e. The van der Waals surface area contributed by atoms with Crippen LogP contribution in [0.2, 0.25) is 0 Å². The summed E-state index contributed by atoms with van der Waals surface area (Å²) < 4.78 is 18.1. The summed E-state index contributed by atoms with van der Waals surface area (Å²) in [4.78, 5) is 21.6. The van der Waals surface area contributed by atoms with E-state index in [2.05, 4.69) is 10.1 Å². The SMILES string of the molecule is COC(=O)c1cc(NC2CC(O)C2)c([N+](=O)[O-])cc1F. The second-order valence-corrected chi connectivity index (χ2v) is 4.56. The Morgan fingerprint density at radius 1 is 1.55 bits per heavy atom. The van der Waals surface area contributed by atoms with E-state index in [1.807, 2.05) is 0 Å². The van der Waals surface area contributed by atoms with Gasteiger partial charge < -0.3 is 15.2 Å². The first kappa shape index (κ1) is 14.2. The molecule has 0 radical (unpaired) electrons.